The molecule has 0 atom stereocenters. The first-order valence-electron chi connectivity index (χ1n) is 7.38. The van der Waals surface area contributed by atoms with Crippen LogP contribution in [0.3, 0.4) is 0 Å². The molecule has 132 valence electrons. The van der Waals surface area contributed by atoms with Crippen molar-refractivity contribution >= 4 is 24.1 Å². The molecule has 0 aliphatic rings. The van der Waals surface area contributed by atoms with Crippen molar-refractivity contribution in [2.75, 3.05) is 0 Å². The molecule has 25 heavy (non-hydrogen) atoms. The Balaban J connectivity index is 2.73. The van der Waals surface area contributed by atoms with Crippen LogP contribution in [0.5, 0.6) is 0 Å². The Bertz CT molecular complexity index is 1070. The Labute approximate surface area is 147 Å². The summed E-state index contributed by atoms with van der Waals surface area (Å²) in [5, 5.41) is 0. The summed E-state index contributed by atoms with van der Waals surface area (Å²) in [6.45, 7) is 6.72. The molecular weight excluding hydrogens is 360 g/mol. The molecule has 2 aromatic carbocycles. The third kappa shape index (κ3) is 3.42. The van der Waals surface area contributed by atoms with Gasteiger partial charge in [0, 0.05) is 0 Å². The predicted octanol–water partition coefficient (Wildman–Crippen LogP) is 2.75. The van der Waals surface area contributed by atoms with Crippen LogP contribution in [0.1, 0.15) is 22.3 Å². The minimum atomic E-state index is -4.53. The Morgan fingerprint density at radius 1 is 0.800 bits per heavy atom. The molecule has 2 rings (SSSR count). The molecule has 0 unspecified atom stereocenters. The molecule has 2 aromatic rings. The van der Waals surface area contributed by atoms with E-state index in [0.717, 1.165) is 11.1 Å². The molecule has 0 heterocycles. The molecule has 8 heteroatoms. The van der Waals surface area contributed by atoms with Crippen LogP contribution in [0, 0.1) is 27.7 Å². The fourth-order valence-electron chi connectivity index (χ4n) is 2.75. The summed E-state index contributed by atoms with van der Waals surface area (Å²) in [5.41, 5.74) is 11.7. The van der Waals surface area contributed by atoms with E-state index in [9.17, 15) is 22.4 Å². The van der Waals surface area contributed by atoms with Crippen molar-refractivity contribution in [2.45, 2.75) is 37.5 Å². The van der Waals surface area contributed by atoms with Crippen LogP contribution in [0.2, 0.25) is 0 Å². The molecule has 0 saturated heterocycles. The largest absolute Gasteiger partial charge is 0.504 e. The third-order valence-electron chi connectivity index (χ3n) is 3.75. The van der Waals surface area contributed by atoms with Gasteiger partial charge in [-0.2, -0.15) is 0 Å². The van der Waals surface area contributed by atoms with Crippen LogP contribution >= 0.6 is 0 Å². The van der Waals surface area contributed by atoms with E-state index < -0.39 is 24.1 Å². The van der Waals surface area contributed by atoms with Crippen molar-refractivity contribution in [3.05, 3.63) is 64.2 Å². The first kappa shape index (κ1) is 19.1. The smallest absolute Gasteiger partial charge is 0.359 e. The molecule has 0 fully saturated rings. The zero-order valence-electron chi connectivity index (χ0n) is 14.3. The molecule has 0 saturated carbocycles. The van der Waals surface area contributed by atoms with E-state index in [1.165, 1.54) is 24.3 Å². The molecule has 0 radical (unpaired) electrons. The average molecular weight is 378 g/mol. The van der Waals surface area contributed by atoms with Gasteiger partial charge in [0.2, 0.25) is 0 Å². The molecule has 0 aromatic heterocycles. The summed E-state index contributed by atoms with van der Waals surface area (Å²) in [6, 6.07) is 8.90. The van der Waals surface area contributed by atoms with Crippen LogP contribution < -0.4 is 0 Å². The summed E-state index contributed by atoms with van der Waals surface area (Å²) in [6.07, 6.45) is 0. The van der Waals surface area contributed by atoms with Gasteiger partial charge in [-0.1, -0.05) is 35.4 Å². The highest BCUT2D eigenvalue weighted by molar-refractivity contribution is 8.31. The van der Waals surface area contributed by atoms with Crippen molar-refractivity contribution in [2.24, 2.45) is 0 Å². The van der Waals surface area contributed by atoms with Crippen molar-refractivity contribution < 1.29 is 21.6 Å². The van der Waals surface area contributed by atoms with E-state index in [-0.39, 0.29) is 9.79 Å². The van der Waals surface area contributed by atoms with Gasteiger partial charge in [-0.15, -0.1) is 4.79 Å². The van der Waals surface area contributed by atoms with Gasteiger partial charge in [-0.25, -0.2) is 16.8 Å². The first-order chi connectivity index (χ1) is 11.5. The van der Waals surface area contributed by atoms with Gasteiger partial charge in [0.05, 0.1) is 9.79 Å². The van der Waals surface area contributed by atoms with Gasteiger partial charge >= 0.3 is 4.38 Å². The van der Waals surface area contributed by atoms with E-state index in [1.807, 2.05) is 0 Å². The summed E-state index contributed by atoms with van der Waals surface area (Å²) in [4.78, 5) is 2.23. The lowest BCUT2D eigenvalue weighted by Gasteiger charge is -2.10. The van der Waals surface area contributed by atoms with E-state index in [2.05, 4.69) is 4.79 Å². The first-order valence-corrected chi connectivity index (χ1v) is 10.3. The number of aryl methyl sites for hydroxylation is 4. The van der Waals surface area contributed by atoms with E-state index >= 15 is 0 Å². The van der Waals surface area contributed by atoms with Crippen LogP contribution in [0.15, 0.2) is 46.2 Å². The maximum atomic E-state index is 12.9. The maximum Gasteiger partial charge on any atom is 0.504 e. The second-order valence-corrected chi connectivity index (χ2v) is 9.84. The average Bonchev–Trinajstić information content (AvgIpc) is 2.46. The quantitative estimate of drug-likeness (QED) is 0.347. The van der Waals surface area contributed by atoms with Gasteiger partial charge in [0.25, 0.3) is 19.7 Å². The lowest BCUT2D eigenvalue weighted by Crippen LogP contribution is -2.27. The Kier molecular flexibility index (Phi) is 4.99. The van der Waals surface area contributed by atoms with Gasteiger partial charge < -0.3 is 5.53 Å². The Morgan fingerprint density at radius 3 is 1.72 bits per heavy atom. The third-order valence-corrected chi connectivity index (χ3v) is 8.22. The molecule has 0 spiro atoms. The predicted molar refractivity (Wildman–Crippen MR) is 94.8 cm³/mol. The zero-order chi connectivity index (χ0) is 19.0. The standard InChI is InChI=1S/C17H18N2O4S2/c1-11-5-7-15(8-6-11)24(20,21)17(19-18)25(22,23)16-13(3)9-12(2)10-14(16)4/h5-10H,1-4H3. The van der Waals surface area contributed by atoms with E-state index in [4.69, 9.17) is 0 Å². The second-order valence-electron chi connectivity index (χ2n) is 5.91. The molecule has 0 N–H and O–H groups in total. The zero-order valence-corrected chi connectivity index (χ0v) is 15.9. The monoisotopic (exact) mass is 378 g/mol. The fraction of sp³-hybridized carbons (Fsp3) is 0.235. The van der Waals surface area contributed by atoms with E-state index in [0.29, 0.717) is 11.1 Å². The number of sulfone groups is 2. The molecule has 0 bridgehead atoms. The van der Waals surface area contributed by atoms with Gasteiger partial charge in [0.1, 0.15) is 0 Å². The lowest BCUT2D eigenvalue weighted by atomic mass is 10.1. The maximum absolute atomic E-state index is 12.9. The van der Waals surface area contributed by atoms with Gasteiger partial charge in [0.15, 0.2) is 0 Å². The lowest BCUT2D eigenvalue weighted by molar-refractivity contribution is 0.00379. The summed E-state index contributed by atoms with van der Waals surface area (Å²) in [7, 11) is -9.04. The number of nitrogens with zero attached hydrogens (tertiary/aromatic N) is 2. The molecular formula is C17H18N2O4S2. The van der Waals surface area contributed by atoms with Crippen molar-refractivity contribution in [1.82, 2.24) is 0 Å². The highest BCUT2D eigenvalue weighted by Gasteiger charge is 2.45. The number of benzene rings is 2. The summed E-state index contributed by atoms with van der Waals surface area (Å²) in [5.74, 6) is 0. The van der Waals surface area contributed by atoms with Crippen LogP contribution in [0.4, 0.5) is 0 Å². The van der Waals surface area contributed by atoms with Crippen molar-refractivity contribution in [3.63, 3.8) is 0 Å². The van der Waals surface area contributed by atoms with Crippen LogP contribution in [-0.4, -0.2) is 26.0 Å². The minimum Gasteiger partial charge on any atom is -0.359 e. The number of hydrogen-bond donors (Lipinski definition) is 0. The second kappa shape index (κ2) is 6.55. The van der Waals surface area contributed by atoms with Crippen molar-refractivity contribution in [3.8, 4) is 0 Å². The molecule has 0 aliphatic carbocycles. The number of rotatable bonds is 2. The van der Waals surface area contributed by atoms with E-state index in [1.54, 1.807) is 39.8 Å². The molecule has 0 aliphatic heterocycles. The van der Waals surface area contributed by atoms with Gasteiger partial charge in [-0.3, -0.25) is 0 Å². The highest BCUT2D eigenvalue weighted by atomic mass is 32.3. The summed E-state index contributed by atoms with van der Waals surface area (Å²) >= 11 is 0. The van der Waals surface area contributed by atoms with Crippen LogP contribution in [-0.2, 0) is 19.7 Å². The Morgan fingerprint density at radius 2 is 1.28 bits per heavy atom. The highest BCUT2D eigenvalue weighted by Crippen LogP contribution is 2.26. The van der Waals surface area contributed by atoms with Gasteiger partial charge in [-0.05, 0) is 51.0 Å². The Hall–Kier alpha value is -2.28. The SMILES string of the molecule is Cc1ccc(S(=O)(=O)C(=[N+]=[N-])S(=O)(=O)c2c(C)cc(C)cc2C)cc1. The number of hydrogen-bond acceptors (Lipinski definition) is 4. The fourth-order valence-corrected chi connectivity index (χ4v) is 6.49. The van der Waals surface area contributed by atoms with Crippen LogP contribution in [0.25, 0.3) is 5.53 Å². The minimum absolute atomic E-state index is 0.165. The summed E-state index contributed by atoms with van der Waals surface area (Å²) < 4.78 is 50.0. The normalized spacial score (nSPS) is 11.8. The topological polar surface area (TPSA) is 105 Å². The molecule has 0 amide bonds. The molecule has 6 nitrogen and oxygen atoms in total. The van der Waals surface area contributed by atoms with Crippen molar-refractivity contribution in [1.29, 1.82) is 0 Å².